The minimum Gasteiger partial charge on any atom is -0.356 e. The van der Waals surface area contributed by atoms with Gasteiger partial charge in [-0.1, -0.05) is 45.2 Å². The van der Waals surface area contributed by atoms with E-state index >= 15 is 0 Å². The highest BCUT2D eigenvalue weighted by Crippen LogP contribution is 2.10. The second kappa shape index (κ2) is 13.4. The number of hydrogen-bond acceptors (Lipinski definition) is 4. The molecule has 0 saturated carbocycles. The number of halogens is 1. The quantitative estimate of drug-likeness (QED) is 0.245. The van der Waals surface area contributed by atoms with Gasteiger partial charge >= 0.3 is 0 Å². The Morgan fingerprint density at radius 1 is 1.21 bits per heavy atom. The van der Waals surface area contributed by atoms with Crippen molar-refractivity contribution in [3.05, 3.63) is 11.7 Å². The first-order chi connectivity index (χ1) is 11.1. The van der Waals surface area contributed by atoms with Crippen molar-refractivity contribution in [2.24, 2.45) is 4.99 Å². The van der Waals surface area contributed by atoms with E-state index in [1.54, 1.807) is 7.05 Å². The average molecular weight is 451 g/mol. The number of aliphatic imine (C=N–C) groups is 1. The molecule has 7 heteroatoms. The van der Waals surface area contributed by atoms with Crippen LogP contribution in [-0.2, 0) is 6.42 Å². The van der Waals surface area contributed by atoms with E-state index in [4.69, 9.17) is 4.52 Å². The molecule has 0 saturated heterocycles. The average Bonchev–Trinajstić information content (AvgIpc) is 2.99. The van der Waals surface area contributed by atoms with Gasteiger partial charge < -0.3 is 15.2 Å². The third-order valence-corrected chi connectivity index (χ3v) is 3.71. The lowest BCUT2D eigenvalue weighted by Gasteiger charge is -2.17. The van der Waals surface area contributed by atoms with Crippen molar-refractivity contribution in [3.8, 4) is 0 Å². The maximum atomic E-state index is 5.24. The minimum atomic E-state index is 0. The number of aryl methyl sites for hydroxylation is 1. The zero-order valence-electron chi connectivity index (χ0n) is 15.8. The Labute approximate surface area is 163 Å². The number of hydrogen-bond donors (Lipinski definition) is 2. The standard InChI is InChI=1S/C17H33N5O.HI/c1-6-7-8-10-14(4)20-17(18-5)19-12-9-11-15-21-16(13(2)3)22-23-15;/h13-14H,6-12H2,1-5H3,(H2,18,19,20);1H. The van der Waals surface area contributed by atoms with Crippen molar-refractivity contribution >= 4 is 29.9 Å². The fraction of sp³-hybridized carbons (Fsp3) is 0.824. The van der Waals surface area contributed by atoms with Gasteiger partial charge in [0.05, 0.1) is 0 Å². The normalized spacial score (nSPS) is 12.8. The summed E-state index contributed by atoms with van der Waals surface area (Å²) >= 11 is 0. The van der Waals surface area contributed by atoms with Crippen molar-refractivity contribution in [2.75, 3.05) is 13.6 Å². The topological polar surface area (TPSA) is 75.3 Å². The molecule has 0 aliphatic heterocycles. The van der Waals surface area contributed by atoms with Gasteiger partial charge in [-0.3, -0.25) is 4.99 Å². The first-order valence-electron chi connectivity index (χ1n) is 8.86. The van der Waals surface area contributed by atoms with Gasteiger partial charge in [0.25, 0.3) is 0 Å². The largest absolute Gasteiger partial charge is 0.356 e. The Bertz CT molecular complexity index is 462. The lowest BCUT2D eigenvalue weighted by molar-refractivity contribution is 0.368. The van der Waals surface area contributed by atoms with Crippen molar-refractivity contribution < 1.29 is 4.52 Å². The van der Waals surface area contributed by atoms with Crippen molar-refractivity contribution in [1.29, 1.82) is 0 Å². The zero-order valence-corrected chi connectivity index (χ0v) is 18.1. The fourth-order valence-electron chi connectivity index (χ4n) is 2.25. The molecule has 140 valence electrons. The third kappa shape index (κ3) is 9.44. The van der Waals surface area contributed by atoms with Gasteiger partial charge in [-0.25, -0.2) is 0 Å². The molecule has 0 radical (unpaired) electrons. The molecule has 0 bridgehead atoms. The van der Waals surface area contributed by atoms with Gasteiger partial charge in [0, 0.05) is 32.0 Å². The first-order valence-corrected chi connectivity index (χ1v) is 8.86. The lowest BCUT2D eigenvalue weighted by Crippen LogP contribution is -2.42. The van der Waals surface area contributed by atoms with E-state index in [0.29, 0.717) is 17.9 Å². The zero-order chi connectivity index (χ0) is 17.1. The van der Waals surface area contributed by atoms with Crippen LogP contribution in [0.4, 0.5) is 0 Å². The van der Waals surface area contributed by atoms with Gasteiger partial charge in [-0.15, -0.1) is 24.0 Å². The predicted octanol–water partition coefficient (Wildman–Crippen LogP) is 3.88. The molecular weight excluding hydrogens is 417 g/mol. The molecule has 6 nitrogen and oxygen atoms in total. The van der Waals surface area contributed by atoms with Gasteiger partial charge in [0.1, 0.15) is 0 Å². The van der Waals surface area contributed by atoms with E-state index in [0.717, 1.165) is 31.2 Å². The van der Waals surface area contributed by atoms with E-state index in [1.165, 1.54) is 25.7 Å². The maximum Gasteiger partial charge on any atom is 0.226 e. The van der Waals surface area contributed by atoms with Crippen LogP contribution in [0.2, 0.25) is 0 Å². The Balaban J connectivity index is 0.00000529. The van der Waals surface area contributed by atoms with Gasteiger partial charge in [-0.2, -0.15) is 4.98 Å². The van der Waals surface area contributed by atoms with Gasteiger partial charge in [-0.05, 0) is 19.8 Å². The molecule has 1 rings (SSSR count). The summed E-state index contributed by atoms with van der Waals surface area (Å²) in [5, 5.41) is 10.7. The molecular formula is C17H34IN5O. The number of nitrogens with zero attached hydrogens (tertiary/aromatic N) is 3. The summed E-state index contributed by atoms with van der Waals surface area (Å²) in [5.41, 5.74) is 0. The highest BCUT2D eigenvalue weighted by molar-refractivity contribution is 14.0. The van der Waals surface area contributed by atoms with E-state index in [2.05, 4.69) is 53.5 Å². The molecule has 0 spiro atoms. The predicted molar refractivity (Wildman–Crippen MR) is 110 cm³/mol. The molecule has 1 aromatic heterocycles. The number of aromatic nitrogens is 2. The second-order valence-corrected chi connectivity index (χ2v) is 6.34. The molecule has 0 aliphatic rings. The van der Waals surface area contributed by atoms with Crippen LogP contribution < -0.4 is 10.6 Å². The Hall–Kier alpha value is -0.860. The highest BCUT2D eigenvalue weighted by atomic mass is 127. The second-order valence-electron chi connectivity index (χ2n) is 6.34. The van der Waals surface area contributed by atoms with E-state index in [9.17, 15) is 0 Å². The van der Waals surface area contributed by atoms with Crippen LogP contribution in [0.1, 0.15) is 77.4 Å². The molecule has 1 atom stereocenters. The lowest BCUT2D eigenvalue weighted by atomic mass is 10.1. The van der Waals surface area contributed by atoms with E-state index < -0.39 is 0 Å². The summed E-state index contributed by atoms with van der Waals surface area (Å²) in [6, 6.07) is 0.442. The number of rotatable bonds is 10. The van der Waals surface area contributed by atoms with Crippen LogP contribution in [0, 0.1) is 0 Å². The molecule has 1 heterocycles. The molecule has 1 aromatic rings. The van der Waals surface area contributed by atoms with Gasteiger partial charge in [0.2, 0.25) is 5.89 Å². The van der Waals surface area contributed by atoms with Gasteiger partial charge in [0.15, 0.2) is 11.8 Å². The van der Waals surface area contributed by atoms with E-state index in [1.807, 2.05) is 0 Å². The Morgan fingerprint density at radius 2 is 1.96 bits per heavy atom. The summed E-state index contributed by atoms with van der Waals surface area (Å²) in [7, 11) is 1.81. The van der Waals surface area contributed by atoms with E-state index in [-0.39, 0.29) is 24.0 Å². The molecule has 0 fully saturated rings. The fourth-order valence-corrected chi connectivity index (χ4v) is 2.25. The monoisotopic (exact) mass is 451 g/mol. The number of guanidine groups is 1. The SMILES string of the molecule is CCCCCC(C)NC(=NC)NCCCc1nc(C(C)C)no1.I. The molecule has 0 aromatic carbocycles. The first kappa shape index (κ1) is 23.1. The molecule has 0 aliphatic carbocycles. The summed E-state index contributed by atoms with van der Waals surface area (Å²) in [6.45, 7) is 9.39. The van der Waals surface area contributed by atoms with Crippen LogP contribution in [0.5, 0.6) is 0 Å². The minimum absolute atomic E-state index is 0. The van der Waals surface area contributed by atoms with Crippen LogP contribution in [-0.4, -0.2) is 35.7 Å². The Morgan fingerprint density at radius 3 is 2.54 bits per heavy atom. The van der Waals surface area contributed by atoms with Crippen LogP contribution in [0.15, 0.2) is 9.52 Å². The van der Waals surface area contributed by atoms with Crippen LogP contribution in [0.3, 0.4) is 0 Å². The summed E-state index contributed by atoms with van der Waals surface area (Å²) in [4.78, 5) is 8.66. The van der Waals surface area contributed by atoms with Crippen molar-refractivity contribution in [3.63, 3.8) is 0 Å². The third-order valence-electron chi connectivity index (χ3n) is 3.71. The molecule has 0 amide bonds. The number of unbranched alkanes of at least 4 members (excludes halogenated alkanes) is 2. The van der Waals surface area contributed by atoms with Crippen molar-refractivity contribution in [1.82, 2.24) is 20.8 Å². The van der Waals surface area contributed by atoms with Crippen LogP contribution in [0.25, 0.3) is 0 Å². The molecule has 1 unspecified atom stereocenters. The molecule has 24 heavy (non-hydrogen) atoms. The smallest absolute Gasteiger partial charge is 0.226 e. The number of nitrogens with one attached hydrogen (secondary N) is 2. The maximum absolute atomic E-state index is 5.24. The molecule has 2 N–H and O–H groups in total. The highest BCUT2D eigenvalue weighted by Gasteiger charge is 2.09. The summed E-state index contributed by atoms with van der Waals surface area (Å²) in [6.07, 6.45) is 6.71. The van der Waals surface area contributed by atoms with Crippen LogP contribution >= 0.6 is 24.0 Å². The Kier molecular flexibility index (Phi) is 13.0. The summed E-state index contributed by atoms with van der Waals surface area (Å²) < 4.78 is 5.24. The summed E-state index contributed by atoms with van der Waals surface area (Å²) in [5.74, 6) is 2.67. The van der Waals surface area contributed by atoms with Crippen molar-refractivity contribution in [2.45, 2.75) is 78.2 Å².